The fourth-order valence-electron chi connectivity index (χ4n) is 0.714. The molecule has 13 heavy (non-hydrogen) atoms. The molecule has 0 saturated carbocycles. The number of nitrogens with two attached hydrogens (primary N) is 1. The quantitative estimate of drug-likeness (QED) is 0.567. The van der Waals surface area contributed by atoms with Crippen LogP contribution in [0.5, 0.6) is 0 Å². The van der Waals surface area contributed by atoms with E-state index in [9.17, 15) is 4.79 Å². The summed E-state index contributed by atoms with van der Waals surface area (Å²) in [4.78, 5) is 10.8. The van der Waals surface area contributed by atoms with Crippen LogP contribution in [0.15, 0.2) is 4.42 Å². The number of carbonyl (C=O) groups is 1. The summed E-state index contributed by atoms with van der Waals surface area (Å²) in [6.45, 7) is 0.432. The third-order valence-corrected chi connectivity index (χ3v) is 1.35. The minimum absolute atomic E-state index is 0.00226. The van der Waals surface area contributed by atoms with Gasteiger partial charge in [0.2, 0.25) is 5.91 Å². The molecule has 0 spiro atoms. The van der Waals surface area contributed by atoms with Gasteiger partial charge >= 0.3 is 12.0 Å². The van der Waals surface area contributed by atoms with E-state index in [2.05, 4.69) is 20.8 Å². The summed E-state index contributed by atoms with van der Waals surface area (Å²) >= 11 is 0. The van der Waals surface area contributed by atoms with Crippen molar-refractivity contribution in [3.8, 4) is 0 Å². The first-order chi connectivity index (χ1) is 6.22. The van der Waals surface area contributed by atoms with E-state index in [1.165, 1.54) is 0 Å². The highest BCUT2D eigenvalue weighted by molar-refractivity contribution is 5.75. The van der Waals surface area contributed by atoms with Crippen LogP contribution < -0.4 is 16.4 Å². The van der Waals surface area contributed by atoms with E-state index in [4.69, 9.17) is 10.2 Å². The van der Waals surface area contributed by atoms with Gasteiger partial charge in [-0.2, -0.15) is 0 Å². The molecule has 0 bridgehead atoms. The van der Waals surface area contributed by atoms with Gasteiger partial charge in [-0.3, -0.25) is 4.79 Å². The SMILES string of the molecule is CNC(=O)CCNc1nnc(N)o1. The molecule has 1 aromatic heterocycles. The Morgan fingerprint density at radius 1 is 1.62 bits per heavy atom. The van der Waals surface area contributed by atoms with E-state index in [1.807, 2.05) is 0 Å². The predicted octanol–water partition coefficient (Wildman–Crippen LogP) is -0.800. The second kappa shape index (κ2) is 4.29. The number of nitrogens with zero attached hydrogens (tertiary/aromatic N) is 2. The summed E-state index contributed by atoms with van der Waals surface area (Å²) in [5.74, 6) is -0.0556. The van der Waals surface area contributed by atoms with Gasteiger partial charge in [-0.25, -0.2) is 0 Å². The van der Waals surface area contributed by atoms with Crippen LogP contribution in [0, 0.1) is 0 Å². The normalized spacial score (nSPS) is 9.62. The molecule has 1 heterocycles. The molecule has 0 fully saturated rings. The molecule has 72 valence electrons. The molecule has 0 aliphatic rings. The van der Waals surface area contributed by atoms with E-state index in [-0.39, 0.29) is 17.9 Å². The van der Waals surface area contributed by atoms with Gasteiger partial charge in [-0.05, 0) is 0 Å². The number of hydrogen-bond donors (Lipinski definition) is 3. The van der Waals surface area contributed by atoms with Gasteiger partial charge in [0, 0.05) is 20.0 Å². The molecule has 7 heteroatoms. The Bertz CT molecular complexity index is 284. The van der Waals surface area contributed by atoms with Crippen LogP contribution in [0.2, 0.25) is 0 Å². The van der Waals surface area contributed by atoms with Crippen molar-refractivity contribution in [1.82, 2.24) is 15.5 Å². The molecule has 0 radical (unpaired) electrons. The maximum atomic E-state index is 10.8. The zero-order chi connectivity index (χ0) is 9.68. The van der Waals surface area contributed by atoms with Crippen LogP contribution in [-0.4, -0.2) is 29.7 Å². The lowest BCUT2D eigenvalue weighted by atomic mass is 10.4. The fourth-order valence-corrected chi connectivity index (χ4v) is 0.714. The molecule has 0 aliphatic heterocycles. The second-order valence-electron chi connectivity index (χ2n) is 2.30. The molecular formula is C6H11N5O2. The zero-order valence-corrected chi connectivity index (χ0v) is 7.20. The Morgan fingerprint density at radius 3 is 2.92 bits per heavy atom. The lowest BCUT2D eigenvalue weighted by Crippen LogP contribution is -2.20. The smallest absolute Gasteiger partial charge is 0.316 e. The van der Waals surface area contributed by atoms with Crippen LogP contribution in [0.3, 0.4) is 0 Å². The second-order valence-corrected chi connectivity index (χ2v) is 2.30. The largest absolute Gasteiger partial charge is 0.390 e. The first kappa shape index (κ1) is 9.30. The predicted molar refractivity (Wildman–Crippen MR) is 45.9 cm³/mol. The number of nitrogens with one attached hydrogen (secondary N) is 2. The van der Waals surface area contributed by atoms with Crippen LogP contribution >= 0.6 is 0 Å². The average molecular weight is 185 g/mol. The number of aromatic nitrogens is 2. The van der Waals surface area contributed by atoms with Crippen LogP contribution in [0.1, 0.15) is 6.42 Å². The zero-order valence-electron chi connectivity index (χ0n) is 7.20. The molecule has 0 aliphatic carbocycles. The van der Waals surface area contributed by atoms with E-state index in [0.29, 0.717) is 13.0 Å². The van der Waals surface area contributed by atoms with Gasteiger partial charge in [0.25, 0.3) is 0 Å². The topological polar surface area (TPSA) is 106 Å². The highest BCUT2D eigenvalue weighted by Gasteiger charge is 2.02. The summed E-state index contributed by atoms with van der Waals surface area (Å²) in [6.07, 6.45) is 0.346. The summed E-state index contributed by atoms with van der Waals surface area (Å²) in [5.41, 5.74) is 5.18. The van der Waals surface area contributed by atoms with Crippen molar-refractivity contribution >= 4 is 17.9 Å². The number of carbonyl (C=O) groups excluding carboxylic acids is 1. The third kappa shape index (κ3) is 2.97. The molecule has 0 atom stereocenters. The molecule has 1 rings (SSSR count). The molecule has 1 amide bonds. The van der Waals surface area contributed by atoms with Crippen molar-refractivity contribution in [3.05, 3.63) is 0 Å². The van der Waals surface area contributed by atoms with Crippen molar-refractivity contribution in [3.63, 3.8) is 0 Å². The standard InChI is InChI=1S/C6H11N5O2/c1-8-4(12)2-3-9-6-11-10-5(7)13-6/h2-3H2,1H3,(H2,7,10)(H,8,12)(H,9,11). The van der Waals surface area contributed by atoms with E-state index >= 15 is 0 Å². The van der Waals surface area contributed by atoms with Gasteiger partial charge in [-0.15, -0.1) is 0 Å². The number of nitrogen functional groups attached to an aromatic ring is 1. The van der Waals surface area contributed by atoms with Gasteiger partial charge in [0.15, 0.2) is 0 Å². The Kier molecular flexibility index (Phi) is 3.07. The Morgan fingerprint density at radius 2 is 2.38 bits per heavy atom. The molecular weight excluding hydrogens is 174 g/mol. The maximum Gasteiger partial charge on any atom is 0.316 e. The van der Waals surface area contributed by atoms with Crippen LogP contribution in [0.4, 0.5) is 12.0 Å². The number of amides is 1. The van der Waals surface area contributed by atoms with Crippen molar-refractivity contribution in [1.29, 1.82) is 0 Å². The van der Waals surface area contributed by atoms with Crippen LogP contribution in [0.25, 0.3) is 0 Å². The lowest BCUT2D eigenvalue weighted by molar-refractivity contribution is -0.120. The molecule has 1 aromatic rings. The van der Waals surface area contributed by atoms with Crippen molar-refractivity contribution in [2.45, 2.75) is 6.42 Å². The third-order valence-electron chi connectivity index (χ3n) is 1.35. The Labute approximate surface area is 74.7 Å². The van der Waals surface area contributed by atoms with Crippen molar-refractivity contribution < 1.29 is 9.21 Å². The van der Waals surface area contributed by atoms with Gasteiger partial charge in [0.1, 0.15) is 0 Å². The molecule has 0 aromatic carbocycles. The monoisotopic (exact) mass is 185 g/mol. The number of anilines is 2. The minimum Gasteiger partial charge on any atom is -0.390 e. The van der Waals surface area contributed by atoms with Crippen molar-refractivity contribution in [2.75, 3.05) is 24.6 Å². The van der Waals surface area contributed by atoms with E-state index in [0.717, 1.165) is 0 Å². The number of hydrogen-bond acceptors (Lipinski definition) is 6. The fraction of sp³-hybridized carbons (Fsp3) is 0.500. The van der Waals surface area contributed by atoms with Crippen molar-refractivity contribution in [2.24, 2.45) is 0 Å². The maximum absolute atomic E-state index is 10.8. The van der Waals surface area contributed by atoms with Gasteiger partial charge in [-0.1, -0.05) is 10.2 Å². The summed E-state index contributed by atoms with van der Waals surface area (Å²) in [5, 5.41) is 12.2. The minimum atomic E-state index is -0.0556. The Balaban J connectivity index is 2.24. The Hall–Kier alpha value is -1.79. The molecule has 0 saturated heterocycles. The first-order valence-corrected chi connectivity index (χ1v) is 3.76. The molecule has 4 N–H and O–H groups in total. The highest BCUT2D eigenvalue weighted by atomic mass is 16.4. The summed E-state index contributed by atoms with van der Waals surface area (Å²) in [6, 6.07) is 0.226. The van der Waals surface area contributed by atoms with Crippen LogP contribution in [-0.2, 0) is 4.79 Å². The summed E-state index contributed by atoms with van der Waals surface area (Å²) in [7, 11) is 1.58. The van der Waals surface area contributed by atoms with Gasteiger partial charge < -0.3 is 20.8 Å². The van der Waals surface area contributed by atoms with Gasteiger partial charge in [0.05, 0.1) is 0 Å². The highest BCUT2D eigenvalue weighted by Crippen LogP contribution is 2.05. The summed E-state index contributed by atoms with van der Waals surface area (Å²) < 4.78 is 4.81. The first-order valence-electron chi connectivity index (χ1n) is 3.76. The van der Waals surface area contributed by atoms with E-state index in [1.54, 1.807) is 7.05 Å². The molecule has 0 unspecified atom stereocenters. The number of rotatable bonds is 4. The average Bonchev–Trinajstić information content (AvgIpc) is 2.51. The molecule has 7 nitrogen and oxygen atoms in total. The van der Waals surface area contributed by atoms with E-state index < -0.39 is 0 Å². The lowest BCUT2D eigenvalue weighted by Gasteiger charge is -1.99.